The van der Waals surface area contributed by atoms with Crippen LogP contribution in [0.3, 0.4) is 0 Å². The minimum atomic E-state index is -1.07. The number of fused-ring (bicyclic) bond motifs is 1. The molecule has 27 heavy (non-hydrogen) atoms. The van der Waals surface area contributed by atoms with Crippen LogP contribution < -0.4 is 16.1 Å². The van der Waals surface area contributed by atoms with Gasteiger partial charge in [0.15, 0.2) is 11.4 Å². The summed E-state index contributed by atoms with van der Waals surface area (Å²) in [6, 6.07) is 3.25. The minimum Gasteiger partial charge on any atom is -0.503 e. The van der Waals surface area contributed by atoms with Crippen molar-refractivity contribution in [1.82, 2.24) is 15.2 Å². The first-order valence-corrected chi connectivity index (χ1v) is 7.84. The van der Waals surface area contributed by atoms with Crippen molar-refractivity contribution in [3.05, 3.63) is 63.1 Å². The largest absolute Gasteiger partial charge is 0.503 e. The predicted octanol–water partition coefficient (Wildman–Crippen LogP) is 0.478. The molecular weight excluding hydrogens is 364 g/mol. The molecule has 0 fully saturated rings. The lowest BCUT2D eigenvalue weighted by molar-refractivity contribution is 0.0397. The molecule has 1 aliphatic rings. The van der Waals surface area contributed by atoms with Gasteiger partial charge in [-0.25, -0.2) is 8.78 Å². The second-order valence-electron chi connectivity index (χ2n) is 5.80. The van der Waals surface area contributed by atoms with Gasteiger partial charge in [0.2, 0.25) is 5.43 Å². The molecule has 10 heteroatoms. The number of carbonyl (C=O) groups excluding carboxylic acids is 2. The number of nitrogens with one attached hydrogen (secondary N) is 2. The van der Waals surface area contributed by atoms with Crippen molar-refractivity contribution in [3.63, 3.8) is 0 Å². The first-order valence-electron chi connectivity index (χ1n) is 7.84. The van der Waals surface area contributed by atoms with Gasteiger partial charge in [-0.15, -0.1) is 0 Å². The molecule has 0 radical (unpaired) electrons. The van der Waals surface area contributed by atoms with E-state index in [9.17, 15) is 28.3 Å². The van der Waals surface area contributed by atoms with Crippen LogP contribution in [0.5, 0.6) is 5.75 Å². The number of benzene rings is 1. The van der Waals surface area contributed by atoms with Gasteiger partial charge in [0, 0.05) is 25.4 Å². The average molecular weight is 379 g/mol. The molecule has 3 rings (SSSR count). The van der Waals surface area contributed by atoms with E-state index in [-0.39, 0.29) is 17.8 Å². The number of nitrogens with zero attached hydrogens (tertiary/aromatic N) is 1. The lowest BCUT2D eigenvalue weighted by Gasteiger charge is -2.27. The zero-order valence-electron chi connectivity index (χ0n) is 14.1. The number of aromatic hydroxyl groups is 1. The maximum absolute atomic E-state index is 13.6. The summed E-state index contributed by atoms with van der Waals surface area (Å²) in [4.78, 5) is 36.6. The molecule has 1 aromatic heterocycles. The fourth-order valence-electron chi connectivity index (χ4n) is 2.73. The number of aromatic nitrogens is 1. The van der Waals surface area contributed by atoms with Crippen LogP contribution in [0.2, 0.25) is 0 Å². The van der Waals surface area contributed by atoms with E-state index in [1.165, 1.54) is 17.7 Å². The maximum Gasteiger partial charge on any atom is 0.273 e. The van der Waals surface area contributed by atoms with Gasteiger partial charge in [-0.1, -0.05) is 6.07 Å². The molecule has 0 aliphatic carbocycles. The van der Waals surface area contributed by atoms with Crippen LogP contribution >= 0.6 is 0 Å². The Bertz CT molecular complexity index is 969. The molecule has 2 heterocycles. The first-order chi connectivity index (χ1) is 12.8. The molecule has 1 atom stereocenters. The molecule has 0 bridgehead atoms. The summed E-state index contributed by atoms with van der Waals surface area (Å²) in [5, 5.41) is 14.7. The maximum atomic E-state index is 13.6. The molecule has 1 aliphatic heterocycles. The Morgan fingerprint density at radius 2 is 2.04 bits per heavy atom. The van der Waals surface area contributed by atoms with Gasteiger partial charge in [0.05, 0.1) is 6.54 Å². The van der Waals surface area contributed by atoms with Crippen molar-refractivity contribution >= 4 is 11.8 Å². The summed E-state index contributed by atoms with van der Waals surface area (Å²) >= 11 is 0. The summed E-state index contributed by atoms with van der Waals surface area (Å²) in [5.41, 5.74) is -2.21. The fraction of sp³-hybridized carbons (Fsp3) is 0.235. The molecule has 3 N–H and O–H groups in total. The Morgan fingerprint density at radius 3 is 2.67 bits per heavy atom. The zero-order valence-corrected chi connectivity index (χ0v) is 14.1. The summed E-state index contributed by atoms with van der Waals surface area (Å²) in [7, 11) is 1.36. The number of amides is 2. The lowest BCUT2D eigenvalue weighted by Crippen LogP contribution is -2.47. The van der Waals surface area contributed by atoms with Crippen molar-refractivity contribution in [1.29, 1.82) is 0 Å². The number of hydrogen-bond acceptors (Lipinski definition) is 5. The molecule has 0 saturated carbocycles. The van der Waals surface area contributed by atoms with E-state index in [4.69, 9.17) is 4.74 Å². The number of rotatable bonds is 4. The number of hydrogen-bond donors (Lipinski definition) is 3. The van der Waals surface area contributed by atoms with Gasteiger partial charge >= 0.3 is 0 Å². The number of pyridine rings is 1. The molecule has 2 amide bonds. The second-order valence-corrected chi connectivity index (χ2v) is 5.80. The topological polar surface area (TPSA) is 110 Å². The van der Waals surface area contributed by atoms with Gasteiger partial charge in [0.1, 0.15) is 23.4 Å². The van der Waals surface area contributed by atoms with Crippen molar-refractivity contribution in [2.45, 2.75) is 19.3 Å². The van der Waals surface area contributed by atoms with E-state index < -0.39 is 53.0 Å². The summed E-state index contributed by atoms with van der Waals surface area (Å²) in [5.74, 6) is -4.28. The van der Waals surface area contributed by atoms with Crippen LogP contribution in [-0.4, -0.2) is 34.8 Å². The standard InChI is InChI=1S/C17H15F2N3O5/c1-27-12-7-22-6-9(14(23)15(24)13(22)17(26)21-12)16(25)20-5-8-10(18)3-2-4-11(8)19/h2-4,6,12,24H,5,7H2,1H3,(H,20,25)(H,21,26). The van der Waals surface area contributed by atoms with Gasteiger partial charge < -0.3 is 25.0 Å². The molecule has 0 saturated heterocycles. The van der Waals surface area contributed by atoms with Crippen LogP contribution in [-0.2, 0) is 17.8 Å². The van der Waals surface area contributed by atoms with E-state index in [0.29, 0.717) is 0 Å². The minimum absolute atomic E-state index is 0.0492. The number of halogens is 2. The number of carbonyl (C=O) groups is 2. The van der Waals surface area contributed by atoms with Crippen LogP contribution in [0.15, 0.2) is 29.2 Å². The highest BCUT2D eigenvalue weighted by Crippen LogP contribution is 2.18. The summed E-state index contributed by atoms with van der Waals surface area (Å²) in [6.07, 6.45) is 0.380. The third-order valence-electron chi connectivity index (χ3n) is 4.14. The molecular formula is C17H15F2N3O5. The van der Waals surface area contributed by atoms with Crippen molar-refractivity contribution in [2.24, 2.45) is 0 Å². The lowest BCUT2D eigenvalue weighted by atomic mass is 10.1. The van der Waals surface area contributed by atoms with E-state index >= 15 is 0 Å². The SMILES string of the molecule is COC1Cn2cc(C(=O)NCc3c(F)cccc3F)c(=O)c(O)c2C(=O)N1. The van der Waals surface area contributed by atoms with E-state index in [0.717, 1.165) is 18.3 Å². The first kappa shape index (κ1) is 18.5. The van der Waals surface area contributed by atoms with Gasteiger partial charge in [-0.05, 0) is 12.1 Å². The van der Waals surface area contributed by atoms with Crippen molar-refractivity contribution in [2.75, 3.05) is 7.11 Å². The summed E-state index contributed by atoms with van der Waals surface area (Å²) in [6.45, 7) is -0.450. The van der Waals surface area contributed by atoms with E-state index in [2.05, 4.69) is 10.6 Å². The van der Waals surface area contributed by atoms with E-state index in [1.807, 2.05) is 0 Å². The number of methoxy groups -OCH3 is 1. The Balaban J connectivity index is 1.91. The van der Waals surface area contributed by atoms with Crippen molar-refractivity contribution < 1.29 is 28.2 Å². The zero-order chi connectivity index (χ0) is 19.7. The molecule has 2 aromatic rings. The summed E-state index contributed by atoms with van der Waals surface area (Å²) < 4.78 is 33.5. The van der Waals surface area contributed by atoms with Gasteiger partial charge in [-0.2, -0.15) is 0 Å². The third kappa shape index (κ3) is 3.38. The Kier molecular flexibility index (Phi) is 4.91. The Labute approximate surface area is 151 Å². The Morgan fingerprint density at radius 1 is 1.37 bits per heavy atom. The van der Waals surface area contributed by atoms with E-state index in [1.54, 1.807) is 0 Å². The van der Waals surface area contributed by atoms with Gasteiger partial charge in [0.25, 0.3) is 11.8 Å². The highest BCUT2D eigenvalue weighted by Gasteiger charge is 2.30. The molecule has 1 aromatic carbocycles. The molecule has 8 nitrogen and oxygen atoms in total. The highest BCUT2D eigenvalue weighted by molar-refractivity contribution is 5.99. The Hall–Kier alpha value is -3.27. The van der Waals surface area contributed by atoms with Crippen LogP contribution in [0.25, 0.3) is 0 Å². The normalized spacial score (nSPS) is 15.8. The quantitative estimate of drug-likeness (QED) is 0.716. The fourth-order valence-corrected chi connectivity index (χ4v) is 2.73. The smallest absolute Gasteiger partial charge is 0.273 e. The average Bonchev–Trinajstić information content (AvgIpc) is 2.63. The van der Waals surface area contributed by atoms with Gasteiger partial charge in [-0.3, -0.25) is 14.4 Å². The third-order valence-corrected chi connectivity index (χ3v) is 4.14. The predicted molar refractivity (Wildman–Crippen MR) is 88.2 cm³/mol. The monoisotopic (exact) mass is 379 g/mol. The second kappa shape index (κ2) is 7.16. The van der Waals surface area contributed by atoms with Crippen LogP contribution in [0.4, 0.5) is 8.78 Å². The molecule has 142 valence electrons. The molecule has 0 spiro atoms. The van der Waals surface area contributed by atoms with Crippen molar-refractivity contribution in [3.8, 4) is 5.75 Å². The molecule has 1 unspecified atom stereocenters. The number of ether oxygens (including phenoxy) is 1. The van der Waals surface area contributed by atoms with Crippen LogP contribution in [0.1, 0.15) is 26.4 Å². The van der Waals surface area contributed by atoms with Crippen LogP contribution in [0, 0.1) is 11.6 Å². The highest BCUT2D eigenvalue weighted by atomic mass is 19.1.